The molecule has 0 radical (unpaired) electrons. The number of aromatic amines is 1. The van der Waals surface area contributed by atoms with Crippen molar-refractivity contribution in [3.8, 4) is 17.1 Å². The Hall–Kier alpha value is -2.03. The van der Waals surface area contributed by atoms with Crippen LogP contribution in [-0.2, 0) is 6.61 Å². The zero-order chi connectivity index (χ0) is 14.7. The summed E-state index contributed by atoms with van der Waals surface area (Å²) in [5, 5.41) is 13.8. The maximum absolute atomic E-state index is 12.8. The van der Waals surface area contributed by atoms with E-state index in [1.807, 2.05) is 18.2 Å². The van der Waals surface area contributed by atoms with Gasteiger partial charge in [0, 0.05) is 5.56 Å². The molecule has 0 aliphatic carbocycles. The quantitative estimate of drug-likeness (QED) is 0.689. The first kappa shape index (κ1) is 13.9. The molecule has 21 heavy (non-hydrogen) atoms. The molecule has 1 aromatic heterocycles. The molecule has 1 heterocycles. The number of tetrazole rings is 1. The van der Waals surface area contributed by atoms with Gasteiger partial charge < -0.3 is 4.74 Å². The van der Waals surface area contributed by atoms with Crippen LogP contribution in [0.2, 0.25) is 0 Å². The fourth-order valence-corrected chi connectivity index (χ4v) is 2.45. The third-order valence-corrected chi connectivity index (χ3v) is 3.69. The van der Waals surface area contributed by atoms with Crippen LogP contribution in [0, 0.1) is 9.39 Å². The fraction of sp³-hybridized carbons (Fsp3) is 0.0714. The van der Waals surface area contributed by atoms with E-state index in [1.54, 1.807) is 12.1 Å². The average molecular weight is 396 g/mol. The molecule has 0 spiro atoms. The van der Waals surface area contributed by atoms with Gasteiger partial charge >= 0.3 is 0 Å². The number of halogens is 2. The van der Waals surface area contributed by atoms with Crippen LogP contribution in [0.15, 0.2) is 42.5 Å². The summed E-state index contributed by atoms with van der Waals surface area (Å²) >= 11 is 2.19. The van der Waals surface area contributed by atoms with E-state index in [4.69, 9.17) is 4.74 Å². The van der Waals surface area contributed by atoms with Crippen LogP contribution < -0.4 is 4.74 Å². The van der Waals surface area contributed by atoms with E-state index in [2.05, 4.69) is 43.2 Å². The highest BCUT2D eigenvalue weighted by atomic mass is 127. The van der Waals surface area contributed by atoms with Crippen molar-refractivity contribution < 1.29 is 9.13 Å². The summed E-state index contributed by atoms with van der Waals surface area (Å²) < 4.78 is 19.5. The Labute approximate surface area is 133 Å². The number of aromatic nitrogens is 4. The highest BCUT2D eigenvalue weighted by Gasteiger charge is 2.07. The van der Waals surface area contributed by atoms with Gasteiger partial charge in [-0.2, -0.15) is 5.21 Å². The zero-order valence-electron chi connectivity index (χ0n) is 10.8. The molecule has 106 valence electrons. The molecule has 1 N–H and O–H groups in total. The van der Waals surface area contributed by atoms with E-state index < -0.39 is 0 Å². The number of ether oxygens (including phenoxy) is 1. The summed E-state index contributed by atoms with van der Waals surface area (Å²) in [7, 11) is 0. The molecule has 0 bridgehead atoms. The standard InChI is InChI=1S/C14H10FIN4O/c15-11-4-1-9(2-5-11)8-21-13-6-3-10(7-12(13)16)14-17-19-20-18-14/h1-7H,8H2,(H,17,18,19,20). The number of hydrogen-bond acceptors (Lipinski definition) is 4. The third kappa shape index (κ3) is 3.35. The SMILES string of the molecule is Fc1ccc(COc2ccc(-c3nn[nH]n3)cc2I)cc1. The predicted molar refractivity (Wildman–Crippen MR) is 83.1 cm³/mol. The summed E-state index contributed by atoms with van der Waals surface area (Å²) in [6, 6.07) is 11.9. The van der Waals surface area contributed by atoms with Gasteiger partial charge in [0.1, 0.15) is 18.2 Å². The van der Waals surface area contributed by atoms with Gasteiger partial charge in [-0.3, -0.25) is 0 Å². The zero-order valence-corrected chi connectivity index (χ0v) is 12.9. The normalized spacial score (nSPS) is 10.6. The van der Waals surface area contributed by atoms with E-state index in [0.29, 0.717) is 12.4 Å². The second-order valence-corrected chi connectivity index (χ2v) is 5.46. The summed E-state index contributed by atoms with van der Waals surface area (Å²) in [6.45, 7) is 0.387. The van der Waals surface area contributed by atoms with E-state index in [9.17, 15) is 4.39 Å². The summed E-state index contributed by atoms with van der Waals surface area (Å²) in [4.78, 5) is 0. The molecule has 2 aromatic carbocycles. The van der Waals surface area contributed by atoms with Gasteiger partial charge in [0.05, 0.1) is 3.57 Å². The van der Waals surface area contributed by atoms with E-state index in [-0.39, 0.29) is 5.82 Å². The molecular formula is C14H10FIN4O. The largest absolute Gasteiger partial charge is 0.488 e. The van der Waals surface area contributed by atoms with Crippen LogP contribution in [0.1, 0.15) is 5.56 Å². The topological polar surface area (TPSA) is 63.7 Å². The van der Waals surface area contributed by atoms with Crippen LogP contribution in [0.5, 0.6) is 5.75 Å². The lowest BCUT2D eigenvalue weighted by molar-refractivity contribution is 0.304. The Morgan fingerprint density at radius 2 is 1.95 bits per heavy atom. The Morgan fingerprint density at radius 1 is 1.14 bits per heavy atom. The molecule has 3 aromatic rings. The first-order valence-corrected chi connectivity index (χ1v) is 7.21. The van der Waals surface area contributed by atoms with Gasteiger partial charge in [-0.15, -0.1) is 10.2 Å². The van der Waals surface area contributed by atoms with Gasteiger partial charge in [-0.1, -0.05) is 12.1 Å². The van der Waals surface area contributed by atoms with Gasteiger partial charge in [-0.25, -0.2) is 4.39 Å². The maximum atomic E-state index is 12.8. The highest BCUT2D eigenvalue weighted by Crippen LogP contribution is 2.26. The Balaban J connectivity index is 1.73. The lowest BCUT2D eigenvalue weighted by Gasteiger charge is -2.09. The highest BCUT2D eigenvalue weighted by molar-refractivity contribution is 14.1. The number of benzene rings is 2. The van der Waals surface area contributed by atoms with Crippen molar-refractivity contribution in [1.82, 2.24) is 20.6 Å². The molecule has 0 saturated heterocycles. The van der Waals surface area contributed by atoms with Crippen LogP contribution >= 0.6 is 22.6 Å². The molecule has 0 amide bonds. The molecule has 0 fully saturated rings. The summed E-state index contributed by atoms with van der Waals surface area (Å²) in [6.07, 6.45) is 0. The second kappa shape index (κ2) is 6.17. The number of H-pyrrole nitrogens is 1. The molecule has 3 rings (SSSR count). The lowest BCUT2D eigenvalue weighted by Crippen LogP contribution is -1.97. The van der Waals surface area contributed by atoms with E-state index in [0.717, 1.165) is 20.4 Å². The molecular weight excluding hydrogens is 386 g/mol. The number of nitrogens with one attached hydrogen (secondary N) is 1. The van der Waals surface area contributed by atoms with Crippen molar-refractivity contribution in [3.63, 3.8) is 0 Å². The second-order valence-electron chi connectivity index (χ2n) is 4.30. The van der Waals surface area contributed by atoms with Crippen LogP contribution in [0.4, 0.5) is 4.39 Å². The van der Waals surface area contributed by atoms with E-state index in [1.165, 1.54) is 12.1 Å². The first-order chi connectivity index (χ1) is 10.2. The smallest absolute Gasteiger partial charge is 0.204 e. The van der Waals surface area contributed by atoms with Gasteiger partial charge in [0.2, 0.25) is 5.82 Å². The average Bonchev–Trinajstić information content (AvgIpc) is 3.02. The first-order valence-electron chi connectivity index (χ1n) is 6.13. The fourth-order valence-electron chi connectivity index (χ4n) is 1.78. The van der Waals surface area contributed by atoms with Crippen molar-refractivity contribution in [2.45, 2.75) is 6.61 Å². The molecule has 0 aliphatic heterocycles. The maximum Gasteiger partial charge on any atom is 0.204 e. The minimum absolute atomic E-state index is 0.252. The van der Waals surface area contributed by atoms with Gasteiger partial charge in [0.25, 0.3) is 0 Å². The van der Waals surface area contributed by atoms with Gasteiger partial charge in [0.15, 0.2) is 0 Å². The van der Waals surface area contributed by atoms with E-state index >= 15 is 0 Å². The van der Waals surface area contributed by atoms with Crippen LogP contribution in [-0.4, -0.2) is 20.6 Å². The van der Waals surface area contributed by atoms with Gasteiger partial charge in [-0.05, 0) is 63.7 Å². The number of nitrogens with zero attached hydrogens (tertiary/aromatic N) is 3. The Kier molecular flexibility index (Phi) is 4.09. The third-order valence-electron chi connectivity index (χ3n) is 2.84. The Morgan fingerprint density at radius 3 is 2.62 bits per heavy atom. The van der Waals surface area contributed by atoms with Crippen molar-refractivity contribution in [2.75, 3.05) is 0 Å². The van der Waals surface area contributed by atoms with Crippen molar-refractivity contribution >= 4 is 22.6 Å². The lowest BCUT2D eigenvalue weighted by atomic mass is 10.2. The number of rotatable bonds is 4. The van der Waals surface area contributed by atoms with Crippen LogP contribution in [0.25, 0.3) is 11.4 Å². The molecule has 0 aliphatic rings. The Bertz CT molecular complexity index is 731. The minimum atomic E-state index is -0.252. The molecule has 0 saturated carbocycles. The van der Waals surface area contributed by atoms with Crippen LogP contribution in [0.3, 0.4) is 0 Å². The molecule has 7 heteroatoms. The molecule has 5 nitrogen and oxygen atoms in total. The molecule has 0 atom stereocenters. The summed E-state index contributed by atoms with van der Waals surface area (Å²) in [5.41, 5.74) is 1.77. The van der Waals surface area contributed by atoms with Crippen molar-refractivity contribution in [3.05, 3.63) is 57.4 Å². The minimum Gasteiger partial charge on any atom is -0.488 e. The molecule has 0 unspecified atom stereocenters. The predicted octanol–water partition coefficient (Wildman–Crippen LogP) is 3.19. The summed E-state index contributed by atoms with van der Waals surface area (Å²) in [5.74, 6) is 1.04. The number of hydrogen-bond donors (Lipinski definition) is 1. The monoisotopic (exact) mass is 396 g/mol. The van der Waals surface area contributed by atoms with Crippen molar-refractivity contribution in [1.29, 1.82) is 0 Å². The van der Waals surface area contributed by atoms with Crippen molar-refractivity contribution in [2.24, 2.45) is 0 Å².